The number of aromatic nitrogens is 2. The molecular weight excluding hydrogens is 332 g/mol. The quantitative estimate of drug-likeness (QED) is 0.428. The Balaban J connectivity index is 3.03. The molecule has 0 radical (unpaired) electrons. The molecule has 0 aliphatic heterocycles. The summed E-state index contributed by atoms with van der Waals surface area (Å²) in [6, 6.07) is -1.20. The fraction of sp³-hybridized carbons (Fsp3) is 0.375. The van der Waals surface area contributed by atoms with Gasteiger partial charge in [0.1, 0.15) is 6.04 Å². The van der Waals surface area contributed by atoms with Gasteiger partial charge in [-0.25, -0.2) is 0 Å². The molecule has 88 valence electrons. The molecule has 8 heteroatoms. The normalized spacial score (nSPS) is 12.2. The zero-order valence-corrected chi connectivity index (χ0v) is 10.6. The third-order valence-electron chi connectivity index (χ3n) is 1.78. The number of carboxylic acid groups (broad SMARTS) is 1. The van der Waals surface area contributed by atoms with Crippen LogP contribution in [0.15, 0.2) is 0 Å². The summed E-state index contributed by atoms with van der Waals surface area (Å²) in [6.45, 7) is 0. The molecule has 0 aromatic carbocycles. The van der Waals surface area contributed by atoms with E-state index in [9.17, 15) is 9.18 Å². The first-order valence-corrected chi connectivity index (χ1v) is 5.38. The minimum absolute atomic E-state index is 0.00538. The van der Waals surface area contributed by atoms with Crippen molar-refractivity contribution in [3.05, 3.63) is 15.2 Å². The minimum Gasteiger partial charge on any atom is -0.480 e. The van der Waals surface area contributed by atoms with Gasteiger partial charge < -0.3 is 15.6 Å². The number of carboxylic acids is 1. The molecule has 0 fully saturated rings. The van der Waals surface area contributed by atoms with Crippen molar-refractivity contribution in [1.29, 1.82) is 0 Å². The van der Waals surface area contributed by atoms with Crippen molar-refractivity contribution in [1.82, 2.24) is 9.97 Å². The molecule has 0 spiro atoms. The van der Waals surface area contributed by atoms with Crippen molar-refractivity contribution < 1.29 is 41.6 Å². The maximum atomic E-state index is 13.5. The molecule has 1 rings (SSSR count). The maximum absolute atomic E-state index is 13.5. The number of hydrogen-bond donors (Lipinski definition) is 2. The Hall–Kier alpha value is -1.03. The molecule has 1 aromatic rings. The predicted octanol–water partition coefficient (Wildman–Crippen LogP) is -3.97. The van der Waals surface area contributed by atoms with Crippen molar-refractivity contribution in [2.75, 3.05) is 7.11 Å². The largest absolute Gasteiger partial charge is 0.480 e. The highest BCUT2D eigenvalue weighted by molar-refractivity contribution is 5.73. The fourth-order valence-corrected chi connectivity index (χ4v) is 1.53. The third kappa shape index (κ3) is 2.98. The van der Waals surface area contributed by atoms with Crippen molar-refractivity contribution in [3.63, 3.8) is 0 Å². The maximum Gasteiger partial charge on any atom is 0.322 e. The summed E-state index contributed by atoms with van der Waals surface area (Å²) in [6.07, 6.45) is -0.206. The summed E-state index contributed by atoms with van der Waals surface area (Å²) in [4.78, 5) is 18.0. The van der Waals surface area contributed by atoms with Gasteiger partial charge >= 0.3 is 38.3 Å². The molecule has 1 aromatic heterocycles. The van der Waals surface area contributed by atoms with Crippen LogP contribution in [0.4, 0.5) is 4.39 Å². The molecule has 6 nitrogen and oxygen atoms in total. The van der Waals surface area contributed by atoms with Gasteiger partial charge in [0.05, 0.1) is 12.8 Å². The number of methoxy groups -OCH3 is 1. The molecule has 1 atom stereocenters. The van der Waals surface area contributed by atoms with Crippen LogP contribution >= 0.6 is 0 Å². The van der Waals surface area contributed by atoms with E-state index in [4.69, 9.17) is 15.6 Å². The number of rotatable bonds is 4. The van der Waals surface area contributed by atoms with Crippen LogP contribution in [0.25, 0.3) is 0 Å². The van der Waals surface area contributed by atoms with Gasteiger partial charge in [-0.05, 0) is 0 Å². The Kier molecular flexibility index (Phi) is 4.35. The standard InChI is InChI=1S/C8H9FIN3O3/c1-16-8-12-4(2-3(11)7(14)15)5(9)6(10)13-8/h3,10H,2,11H2,1H3/p+1. The second kappa shape index (κ2) is 5.34. The Bertz CT molecular complexity index is 416. The van der Waals surface area contributed by atoms with E-state index in [1.807, 2.05) is 0 Å². The molecule has 0 amide bonds. The van der Waals surface area contributed by atoms with Crippen LogP contribution in [0.3, 0.4) is 0 Å². The average molecular weight is 342 g/mol. The zero-order valence-electron chi connectivity index (χ0n) is 8.31. The van der Waals surface area contributed by atoms with Crippen LogP contribution in [-0.4, -0.2) is 34.2 Å². The lowest BCUT2D eigenvalue weighted by atomic mass is 10.1. The molecular formula is C8H10FIN3O3+. The highest BCUT2D eigenvalue weighted by atomic mass is 127. The molecule has 0 saturated carbocycles. The van der Waals surface area contributed by atoms with E-state index in [2.05, 4.69) is 9.97 Å². The van der Waals surface area contributed by atoms with Gasteiger partial charge in [0.2, 0.25) is 5.82 Å². The predicted molar refractivity (Wildman–Crippen MR) is 47.9 cm³/mol. The molecule has 1 unspecified atom stereocenters. The molecule has 3 N–H and O–H groups in total. The molecule has 16 heavy (non-hydrogen) atoms. The smallest absolute Gasteiger partial charge is 0.322 e. The van der Waals surface area contributed by atoms with E-state index in [0.717, 1.165) is 0 Å². The van der Waals surface area contributed by atoms with E-state index in [0.29, 0.717) is 0 Å². The van der Waals surface area contributed by atoms with Crippen molar-refractivity contribution >= 4 is 5.97 Å². The summed E-state index contributed by atoms with van der Waals surface area (Å²) in [5.41, 5.74) is 5.24. The summed E-state index contributed by atoms with van der Waals surface area (Å²) < 4.78 is 18.4. The molecule has 0 bridgehead atoms. The monoisotopic (exact) mass is 342 g/mol. The number of hydrogen-bond acceptors (Lipinski definition) is 5. The number of nitrogens with zero attached hydrogens (tertiary/aromatic N) is 2. The lowest BCUT2D eigenvalue weighted by Gasteiger charge is -2.06. The van der Waals surface area contributed by atoms with Crippen LogP contribution in [-0.2, 0) is 11.2 Å². The Morgan fingerprint density at radius 2 is 2.31 bits per heavy atom. The molecule has 0 aliphatic rings. The Morgan fingerprint density at radius 1 is 1.69 bits per heavy atom. The molecule has 0 saturated heterocycles. The molecule has 0 aliphatic carbocycles. The number of carbonyl (C=O) groups is 1. The van der Waals surface area contributed by atoms with E-state index in [-0.39, 0.29) is 21.8 Å². The van der Waals surface area contributed by atoms with Gasteiger partial charge in [-0.15, -0.1) is 4.98 Å². The topological polar surface area (TPSA) is 98.3 Å². The summed E-state index contributed by atoms with van der Waals surface area (Å²) in [7, 11) is 1.34. The van der Waals surface area contributed by atoms with Gasteiger partial charge in [0, 0.05) is 6.42 Å². The first kappa shape index (κ1) is 13.0. The summed E-state index contributed by atoms with van der Waals surface area (Å²) in [5, 5.41) is 8.61. The van der Waals surface area contributed by atoms with Gasteiger partial charge in [-0.3, -0.25) is 4.79 Å². The lowest BCUT2D eigenvalue weighted by molar-refractivity contribution is -0.343. The zero-order chi connectivity index (χ0) is 12.3. The lowest BCUT2D eigenvalue weighted by Crippen LogP contribution is -3.34. The minimum atomic E-state index is -1.21. The highest BCUT2D eigenvalue weighted by Gasteiger charge is 2.22. The van der Waals surface area contributed by atoms with Crippen LogP contribution in [0.5, 0.6) is 6.01 Å². The van der Waals surface area contributed by atoms with Crippen molar-refractivity contribution in [2.24, 2.45) is 5.73 Å². The summed E-state index contributed by atoms with van der Waals surface area (Å²) >= 11 is 1.36. The van der Waals surface area contributed by atoms with Crippen molar-refractivity contribution in [2.45, 2.75) is 12.5 Å². The average Bonchev–Trinajstić information content (AvgIpc) is 2.24. The number of nitrogens with two attached hydrogens (primary N) is 1. The van der Waals surface area contributed by atoms with Crippen LogP contribution in [0, 0.1) is 9.52 Å². The third-order valence-corrected chi connectivity index (χ3v) is 2.55. The van der Waals surface area contributed by atoms with Crippen LogP contribution in [0.2, 0.25) is 0 Å². The Morgan fingerprint density at radius 3 is 2.81 bits per heavy atom. The van der Waals surface area contributed by atoms with Crippen LogP contribution in [0.1, 0.15) is 5.69 Å². The van der Waals surface area contributed by atoms with Gasteiger partial charge in [-0.2, -0.15) is 9.37 Å². The van der Waals surface area contributed by atoms with Gasteiger partial charge in [0.25, 0.3) is 0 Å². The number of ether oxygens (including phenoxy) is 1. The number of halogens is 2. The molecule has 1 heterocycles. The second-order valence-electron chi connectivity index (χ2n) is 2.92. The van der Waals surface area contributed by atoms with Crippen LogP contribution < -0.4 is 33.1 Å². The Labute approximate surface area is 104 Å². The van der Waals surface area contributed by atoms with Gasteiger partial charge in [0.15, 0.2) is 0 Å². The fourth-order valence-electron chi connectivity index (χ4n) is 0.971. The first-order chi connectivity index (χ1) is 7.45. The van der Waals surface area contributed by atoms with E-state index in [1.165, 1.54) is 29.7 Å². The van der Waals surface area contributed by atoms with Gasteiger partial charge in [-0.1, -0.05) is 0 Å². The SMILES string of the molecule is COc1nc([IH+])c(F)c(CC(N)C(=O)O)n1. The van der Waals surface area contributed by atoms with E-state index < -0.39 is 17.8 Å². The van der Waals surface area contributed by atoms with Crippen molar-refractivity contribution in [3.8, 4) is 6.01 Å². The van der Waals surface area contributed by atoms with E-state index in [1.54, 1.807) is 0 Å². The second-order valence-corrected chi connectivity index (χ2v) is 4.03. The van der Waals surface area contributed by atoms with E-state index >= 15 is 0 Å². The summed E-state index contributed by atoms with van der Waals surface area (Å²) in [5.74, 6) is -1.86. The highest BCUT2D eigenvalue weighted by Crippen LogP contribution is 2.09. The first-order valence-electron chi connectivity index (χ1n) is 4.21. The number of aliphatic carboxylic acids is 1.